The molecule has 0 radical (unpaired) electrons. The number of carbonyl (C=O) groups is 1. The van der Waals surface area contributed by atoms with Crippen LogP contribution in [0, 0.1) is 5.92 Å². The SMILES string of the molecule is CN(C)CCCN(CC1CCN(C2Cc3ccccc3C2)CC1)C(=O)C=Cc1cnn(C)c1. The standard InChI is InChI=1S/C27H39N5O/c1-29(2)13-6-14-32(27(33)10-9-23-19-28-30(3)20-23)21-22-11-15-31(16-12-22)26-17-24-7-4-5-8-25(24)18-26/h4-5,7-10,19-20,22,26H,6,11-18,21H2,1-3H3. The Kier molecular flexibility index (Phi) is 7.99. The number of hydrogen-bond donors (Lipinski definition) is 0. The van der Waals surface area contributed by atoms with Gasteiger partial charge in [-0.1, -0.05) is 24.3 Å². The first-order valence-corrected chi connectivity index (χ1v) is 12.4. The molecule has 178 valence electrons. The maximum absolute atomic E-state index is 13.1. The highest BCUT2D eigenvalue weighted by Gasteiger charge is 2.30. The van der Waals surface area contributed by atoms with Crippen LogP contribution in [0.4, 0.5) is 0 Å². The normalized spacial score (nSPS) is 17.8. The molecule has 6 heteroatoms. The van der Waals surface area contributed by atoms with Gasteiger partial charge in [0.25, 0.3) is 0 Å². The van der Waals surface area contributed by atoms with Crippen molar-refractivity contribution in [2.24, 2.45) is 13.0 Å². The number of fused-ring (bicyclic) bond motifs is 1. The molecular weight excluding hydrogens is 410 g/mol. The van der Waals surface area contributed by atoms with Crippen LogP contribution in [-0.4, -0.2) is 83.2 Å². The molecule has 2 heterocycles. The van der Waals surface area contributed by atoms with Crippen LogP contribution in [0.5, 0.6) is 0 Å². The van der Waals surface area contributed by atoms with E-state index < -0.39 is 0 Å². The quantitative estimate of drug-likeness (QED) is 0.552. The summed E-state index contributed by atoms with van der Waals surface area (Å²) in [6.07, 6.45) is 13.1. The molecule has 1 aliphatic heterocycles. The zero-order chi connectivity index (χ0) is 23.2. The summed E-state index contributed by atoms with van der Waals surface area (Å²) in [6, 6.07) is 9.57. The first-order valence-electron chi connectivity index (χ1n) is 12.4. The summed E-state index contributed by atoms with van der Waals surface area (Å²) in [4.78, 5) is 20.0. The van der Waals surface area contributed by atoms with E-state index in [4.69, 9.17) is 0 Å². The van der Waals surface area contributed by atoms with E-state index in [1.54, 1.807) is 17.0 Å². The van der Waals surface area contributed by atoms with E-state index in [1.165, 1.54) is 36.8 Å². The molecule has 1 saturated heterocycles. The minimum absolute atomic E-state index is 0.117. The Balaban J connectivity index is 1.30. The van der Waals surface area contributed by atoms with Gasteiger partial charge in [-0.05, 0) is 89.0 Å². The first-order chi connectivity index (χ1) is 16.0. The van der Waals surface area contributed by atoms with Gasteiger partial charge in [0.05, 0.1) is 6.20 Å². The van der Waals surface area contributed by atoms with Crippen LogP contribution in [0.3, 0.4) is 0 Å². The topological polar surface area (TPSA) is 44.6 Å². The van der Waals surface area contributed by atoms with E-state index in [1.807, 2.05) is 19.3 Å². The number of benzene rings is 1. The molecule has 4 rings (SSSR count). The molecule has 0 atom stereocenters. The van der Waals surface area contributed by atoms with Crippen LogP contribution in [0.15, 0.2) is 42.7 Å². The maximum atomic E-state index is 13.1. The number of nitrogens with zero attached hydrogens (tertiary/aromatic N) is 5. The summed E-state index contributed by atoms with van der Waals surface area (Å²) in [5, 5.41) is 4.19. The van der Waals surface area contributed by atoms with Gasteiger partial charge in [0.2, 0.25) is 5.91 Å². The molecular formula is C27H39N5O. The average Bonchev–Trinajstić information content (AvgIpc) is 3.43. The number of aromatic nitrogens is 2. The Morgan fingerprint density at radius 1 is 1.12 bits per heavy atom. The smallest absolute Gasteiger partial charge is 0.246 e. The predicted molar refractivity (Wildman–Crippen MR) is 134 cm³/mol. The number of likely N-dealkylation sites (tertiary alicyclic amines) is 1. The lowest BCUT2D eigenvalue weighted by molar-refractivity contribution is -0.127. The van der Waals surface area contributed by atoms with Gasteiger partial charge in [-0.15, -0.1) is 0 Å². The third-order valence-corrected chi connectivity index (χ3v) is 7.16. The van der Waals surface area contributed by atoms with Crippen LogP contribution in [0.2, 0.25) is 0 Å². The van der Waals surface area contributed by atoms with E-state index in [9.17, 15) is 4.79 Å². The summed E-state index contributed by atoms with van der Waals surface area (Å²) >= 11 is 0. The average molecular weight is 450 g/mol. The van der Waals surface area contributed by atoms with Gasteiger partial charge >= 0.3 is 0 Å². The second kappa shape index (κ2) is 11.1. The molecule has 1 aromatic heterocycles. The van der Waals surface area contributed by atoms with Crippen molar-refractivity contribution < 1.29 is 4.79 Å². The second-order valence-corrected chi connectivity index (χ2v) is 10.0. The largest absolute Gasteiger partial charge is 0.339 e. The predicted octanol–water partition coefficient (Wildman–Crippen LogP) is 3.09. The van der Waals surface area contributed by atoms with Crippen molar-refractivity contribution in [1.82, 2.24) is 24.5 Å². The molecule has 6 nitrogen and oxygen atoms in total. The molecule has 1 fully saturated rings. The lowest BCUT2D eigenvalue weighted by Crippen LogP contribution is -2.45. The molecule has 0 spiro atoms. The monoisotopic (exact) mass is 449 g/mol. The van der Waals surface area contributed by atoms with Crippen molar-refractivity contribution in [3.8, 4) is 0 Å². The highest BCUT2D eigenvalue weighted by molar-refractivity contribution is 5.91. The summed E-state index contributed by atoms with van der Waals surface area (Å²) in [6.45, 7) is 4.97. The van der Waals surface area contributed by atoms with Crippen molar-refractivity contribution in [2.75, 3.05) is 46.8 Å². The van der Waals surface area contributed by atoms with Crippen molar-refractivity contribution in [1.29, 1.82) is 0 Å². The van der Waals surface area contributed by atoms with E-state index in [0.717, 1.165) is 44.7 Å². The molecule has 2 aliphatic rings. The number of piperidine rings is 1. The Labute approximate surface area is 198 Å². The molecule has 0 unspecified atom stereocenters. The van der Waals surface area contributed by atoms with Crippen molar-refractivity contribution in [3.63, 3.8) is 0 Å². The van der Waals surface area contributed by atoms with Gasteiger partial charge in [0.15, 0.2) is 0 Å². The van der Waals surface area contributed by atoms with Gasteiger partial charge in [-0.3, -0.25) is 14.4 Å². The maximum Gasteiger partial charge on any atom is 0.246 e. The highest BCUT2D eigenvalue weighted by Crippen LogP contribution is 2.29. The molecule has 0 N–H and O–H groups in total. The highest BCUT2D eigenvalue weighted by atomic mass is 16.2. The van der Waals surface area contributed by atoms with Crippen LogP contribution < -0.4 is 0 Å². The minimum atomic E-state index is 0.117. The first kappa shape index (κ1) is 23.7. The number of carbonyl (C=O) groups excluding carboxylic acids is 1. The molecule has 2 aromatic rings. The minimum Gasteiger partial charge on any atom is -0.339 e. The van der Waals surface area contributed by atoms with Gasteiger partial charge in [-0.25, -0.2) is 0 Å². The fourth-order valence-corrected chi connectivity index (χ4v) is 5.27. The van der Waals surface area contributed by atoms with Crippen molar-refractivity contribution in [3.05, 3.63) is 59.4 Å². The second-order valence-electron chi connectivity index (χ2n) is 10.0. The lowest BCUT2D eigenvalue weighted by atomic mass is 9.94. The Morgan fingerprint density at radius 2 is 1.82 bits per heavy atom. The third-order valence-electron chi connectivity index (χ3n) is 7.16. The van der Waals surface area contributed by atoms with Crippen molar-refractivity contribution >= 4 is 12.0 Å². The van der Waals surface area contributed by atoms with Crippen LogP contribution in [-0.2, 0) is 24.7 Å². The Bertz CT molecular complexity index is 916. The Morgan fingerprint density at radius 3 is 2.42 bits per heavy atom. The van der Waals surface area contributed by atoms with Gasteiger partial charge in [0, 0.05) is 44.0 Å². The van der Waals surface area contributed by atoms with Crippen LogP contribution in [0.25, 0.3) is 6.08 Å². The molecule has 0 saturated carbocycles. The summed E-state index contributed by atoms with van der Waals surface area (Å²) < 4.78 is 1.76. The fraction of sp³-hybridized carbons (Fsp3) is 0.556. The van der Waals surface area contributed by atoms with Crippen LogP contribution >= 0.6 is 0 Å². The van der Waals surface area contributed by atoms with E-state index in [-0.39, 0.29) is 5.91 Å². The number of hydrogen-bond acceptors (Lipinski definition) is 4. The Hall–Kier alpha value is -2.44. The lowest BCUT2D eigenvalue weighted by Gasteiger charge is -2.37. The summed E-state index contributed by atoms with van der Waals surface area (Å²) in [5.74, 6) is 0.700. The van der Waals surface area contributed by atoms with Crippen LogP contribution in [0.1, 0.15) is 36.0 Å². The van der Waals surface area contributed by atoms with Gasteiger partial charge in [-0.2, -0.15) is 5.10 Å². The van der Waals surface area contributed by atoms with Crippen molar-refractivity contribution in [2.45, 2.75) is 38.1 Å². The summed E-state index contributed by atoms with van der Waals surface area (Å²) in [5.41, 5.74) is 4.02. The fourth-order valence-electron chi connectivity index (χ4n) is 5.27. The third kappa shape index (κ3) is 6.55. The van der Waals surface area contributed by atoms with Gasteiger partial charge in [0.1, 0.15) is 0 Å². The number of amides is 1. The molecule has 0 bridgehead atoms. The molecule has 1 aromatic carbocycles. The van der Waals surface area contributed by atoms with E-state index in [0.29, 0.717) is 12.0 Å². The molecule has 1 aliphatic carbocycles. The molecule has 1 amide bonds. The van der Waals surface area contributed by atoms with E-state index in [2.05, 4.69) is 58.2 Å². The number of aryl methyl sites for hydroxylation is 1. The van der Waals surface area contributed by atoms with E-state index >= 15 is 0 Å². The zero-order valence-electron chi connectivity index (χ0n) is 20.5. The number of rotatable bonds is 9. The zero-order valence-corrected chi connectivity index (χ0v) is 20.5. The van der Waals surface area contributed by atoms with Gasteiger partial charge < -0.3 is 9.80 Å². The molecule has 33 heavy (non-hydrogen) atoms. The summed E-state index contributed by atoms with van der Waals surface area (Å²) in [7, 11) is 6.07.